The molecule has 0 amide bonds. The summed E-state index contributed by atoms with van der Waals surface area (Å²) < 4.78 is 15.1. The summed E-state index contributed by atoms with van der Waals surface area (Å²) in [5.41, 5.74) is 0. The van der Waals surface area contributed by atoms with E-state index in [1.165, 1.54) is 0 Å². The number of hydrogen-bond donors (Lipinski definition) is 1. The molecule has 112 valence electrons. The molecule has 0 aromatic carbocycles. The maximum Gasteiger partial charge on any atom is 0.320 e. The monoisotopic (exact) mass is 276 g/mol. The Morgan fingerprint density at radius 2 is 1.42 bits per heavy atom. The van der Waals surface area contributed by atoms with Crippen molar-refractivity contribution in [3.05, 3.63) is 0 Å². The van der Waals surface area contributed by atoms with Crippen molar-refractivity contribution in [3.8, 4) is 0 Å². The maximum absolute atomic E-state index is 11.8. The van der Waals surface area contributed by atoms with E-state index in [0.29, 0.717) is 0 Å². The average Bonchev–Trinajstić information content (AvgIpc) is 2.26. The number of carbonyl (C=O) groups excluding carboxylic acids is 2. The van der Waals surface area contributed by atoms with E-state index in [0.717, 1.165) is 0 Å². The molecule has 0 saturated carbocycles. The van der Waals surface area contributed by atoms with Crippen molar-refractivity contribution in [1.29, 1.82) is 0 Å². The van der Waals surface area contributed by atoms with Crippen LogP contribution in [0.2, 0.25) is 0 Å². The smallest absolute Gasteiger partial charge is 0.320 e. The lowest BCUT2D eigenvalue weighted by Gasteiger charge is -2.18. The highest BCUT2D eigenvalue weighted by Crippen LogP contribution is 2.12. The minimum absolute atomic E-state index is 0.0997. The molecule has 0 unspecified atom stereocenters. The predicted octanol–water partition coefficient (Wildman–Crippen LogP) is 0.905. The largest absolute Gasteiger partial charge is 0.462 e. The Kier molecular flexibility index (Phi) is 9.16. The molecular formula is C13H24O6. The summed E-state index contributed by atoms with van der Waals surface area (Å²) in [7, 11) is 0. The first-order chi connectivity index (χ1) is 8.88. The predicted molar refractivity (Wildman–Crippen MR) is 68.5 cm³/mol. The molecule has 0 aliphatic rings. The third-order valence-electron chi connectivity index (χ3n) is 2.06. The fourth-order valence-electron chi connectivity index (χ4n) is 1.33. The molecule has 0 radical (unpaired) electrons. The van der Waals surface area contributed by atoms with Gasteiger partial charge in [0.1, 0.15) is 0 Å². The van der Waals surface area contributed by atoms with E-state index in [9.17, 15) is 9.59 Å². The van der Waals surface area contributed by atoms with Gasteiger partial charge in [-0.3, -0.25) is 9.59 Å². The van der Waals surface area contributed by atoms with Gasteiger partial charge in [-0.15, -0.1) is 0 Å². The van der Waals surface area contributed by atoms with Crippen molar-refractivity contribution in [3.63, 3.8) is 0 Å². The minimum atomic E-state index is -0.983. The van der Waals surface area contributed by atoms with Crippen LogP contribution in [0.4, 0.5) is 0 Å². The Balaban J connectivity index is 4.45. The summed E-state index contributed by atoms with van der Waals surface area (Å²) in [6, 6.07) is 0. The summed E-state index contributed by atoms with van der Waals surface area (Å²) in [4.78, 5) is 23.6. The van der Waals surface area contributed by atoms with Crippen LogP contribution in [-0.4, -0.2) is 49.1 Å². The van der Waals surface area contributed by atoms with Gasteiger partial charge in [0.25, 0.3) is 0 Å². The number of hydrogen-bond acceptors (Lipinski definition) is 6. The zero-order valence-corrected chi connectivity index (χ0v) is 12.0. The molecule has 0 saturated heterocycles. The average molecular weight is 276 g/mol. The Labute approximate surface area is 114 Å². The minimum Gasteiger partial charge on any atom is -0.462 e. The first-order valence-electron chi connectivity index (χ1n) is 6.48. The lowest BCUT2D eigenvalue weighted by Crippen LogP contribution is -2.32. The van der Waals surface area contributed by atoms with E-state index in [2.05, 4.69) is 0 Å². The van der Waals surface area contributed by atoms with E-state index in [4.69, 9.17) is 19.3 Å². The lowest BCUT2D eigenvalue weighted by atomic mass is 10.1. The number of carbonyl (C=O) groups is 2. The first kappa shape index (κ1) is 17.9. The Hall–Kier alpha value is -1.14. The molecule has 0 spiro atoms. The van der Waals surface area contributed by atoms with E-state index in [1.54, 1.807) is 27.7 Å². The number of ether oxygens (including phenoxy) is 3. The number of esters is 2. The topological polar surface area (TPSA) is 82.1 Å². The fourth-order valence-corrected chi connectivity index (χ4v) is 1.33. The normalized spacial score (nSPS) is 11.2. The van der Waals surface area contributed by atoms with E-state index >= 15 is 0 Å². The molecule has 0 aliphatic carbocycles. The standard InChI is InChI=1S/C13H24O6/c1-9(2)18-12(15)11(5-7-17-8-6-14)13(16)19-10(3)4/h9-11,14H,5-8H2,1-4H3. The first-order valence-corrected chi connectivity index (χ1v) is 6.48. The van der Waals surface area contributed by atoms with Crippen LogP contribution < -0.4 is 0 Å². The molecule has 0 rings (SSSR count). The SMILES string of the molecule is CC(C)OC(=O)C(CCOCCO)C(=O)OC(C)C. The second-order valence-corrected chi connectivity index (χ2v) is 4.65. The van der Waals surface area contributed by atoms with Crippen LogP contribution in [0, 0.1) is 5.92 Å². The van der Waals surface area contributed by atoms with Gasteiger partial charge < -0.3 is 19.3 Å². The van der Waals surface area contributed by atoms with E-state index in [-0.39, 0.29) is 38.4 Å². The highest BCUT2D eigenvalue weighted by Gasteiger charge is 2.30. The van der Waals surface area contributed by atoms with Gasteiger partial charge in [-0.25, -0.2) is 0 Å². The molecule has 6 heteroatoms. The quantitative estimate of drug-likeness (QED) is 0.383. The van der Waals surface area contributed by atoms with Gasteiger partial charge in [0.15, 0.2) is 5.92 Å². The van der Waals surface area contributed by atoms with Crippen LogP contribution in [0.3, 0.4) is 0 Å². The van der Waals surface area contributed by atoms with Crippen molar-refractivity contribution in [2.24, 2.45) is 5.92 Å². The summed E-state index contributed by atoms with van der Waals surface area (Å²) in [6.45, 7) is 7.11. The van der Waals surface area contributed by atoms with Crippen molar-refractivity contribution >= 4 is 11.9 Å². The third kappa shape index (κ3) is 8.56. The molecule has 0 aliphatic heterocycles. The van der Waals surface area contributed by atoms with Gasteiger partial charge in [0.05, 0.1) is 25.4 Å². The molecule has 0 heterocycles. The molecule has 6 nitrogen and oxygen atoms in total. The second kappa shape index (κ2) is 9.75. The molecule has 0 aromatic rings. The van der Waals surface area contributed by atoms with Crippen molar-refractivity contribution in [2.45, 2.75) is 46.3 Å². The van der Waals surface area contributed by atoms with Crippen molar-refractivity contribution in [1.82, 2.24) is 0 Å². The number of aliphatic hydroxyl groups is 1. The summed E-state index contributed by atoms with van der Waals surface area (Å²) in [6.07, 6.45) is -0.405. The molecule has 0 fully saturated rings. The van der Waals surface area contributed by atoms with Gasteiger partial charge >= 0.3 is 11.9 Å². The number of aliphatic hydroxyl groups excluding tert-OH is 1. The van der Waals surface area contributed by atoms with Gasteiger partial charge in [-0.2, -0.15) is 0 Å². The molecular weight excluding hydrogens is 252 g/mol. The zero-order chi connectivity index (χ0) is 14.8. The fraction of sp³-hybridized carbons (Fsp3) is 0.846. The highest BCUT2D eigenvalue weighted by atomic mass is 16.6. The van der Waals surface area contributed by atoms with Crippen LogP contribution in [0.5, 0.6) is 0 Å². The van der Waals surface area contributed by atoms with Crippen LogP contribution in [0.25, 0.3) is 0 Å². The second-order valence-electron chi connectivity index (χ2n) is 4.65. The van der Waals surface area contributed by atoms with Crippen molar-refractivity contribution < 1.29 is 28.9 Å². The zero-order valence-electron chi connectivity index (χ0n) is 12.0. The van der Waals surface area contributed by atoms with Crippen LogP contribution in [0.15, 0.2) is 0 Å². The number of rotatable bonds is 9. The molecule has 0 bridgehead atoms. The van der Waals surface area contributed by atoms with Crippen LogP contribution in [-0.2, 0) is 23.8 Å². The summed E-state index contributed by atoms with van der Waals surface area (Å²) in [5.74, 6) is -2.19. The van der Waals surface area contributed by atoms with Gasteiger partial charge in [0, 0.05) is 6.61 Å². The lowest BCUT2D eigenvalue weighted by molar-refractivity contribution is -0.167. The highest BCUT2D eigenvalue weighted by molar-refractivity contribution is 5.95. The Morgan fingerprint density at radius 1 is 0.947 bits per heavy atom. The van der Waals surface area contributed by atoms with Gasteiger partial charge in [0.2, 0.25) is 0 Å². The summed E-state index contributed by atoms with van der Waals surface area (Å²) >= 11 is 0. The molecule has 1 N–H and O–H groups in total. The molecule has 0 aromatic heterocycles. The van der Waals surface area contributed by atoms with Gasteiger partial charge in [-0.05, 0) is 34.1 Å². The Bertz CT molecular complexity index is 252. The third-order valence-corrected chi connectivity index (χ3v) is 2.06. The summed E-state index contributed by atoms with van der Waals surface area (Å²) in [5, 5.41) is 8.58. The maximum atomic E-state index is 11.8. The Morgan fingerprint density at radius 3 is 1.79 bits per heavy atom. The van der Waals surface area contributed by atoms with Crippen LogP contribution >= 0.6 is 0 Å². The van der Waals surface area contributed by atoms with Crippen molar-refractivity contribution in [2.75, 3.05) is 19.8 Å². The van der Waals surface area contributed by atoms with Gasteiger partial charge in [-0.1, -0.05) is 0 Å². The molecule has 0 atom stereocenters. The molecule has 19 heavy (non-hydrogen) atoms. The van der Waals surface area contributed by atoms with E-state index < -0.39 is 17.9 Å². The van der Waals surface area contributed by atoms with E-state index in [1.807, 2.05) is 0 Å². The van der Waals surface area contributed by atoms with Crippen LogP contribution in [0.1, 0.15) is 34.1 Å².